The summed E-state index contributed by atoms with van der Waals surface area (Å²) in [6.07, 6.45) is 4.86. The summed E-state index contributed by atoms with van der Waals surface area (Å²) < 4.78 is 24.5. The van der Waals surface area contributed by atoms with Gasteiger partial charge < -0.3 is 15.4 Å². The monoisotopic (exact) mass is 464 g/mol. The van der Waals surface area contributed by atoms with Crippen molar-refractivity contribution in [3.63, 3.8) is 0 Å². The second-order valence-corrected chi connectivity index (χ2v) is 8.26. The molecule has 8 nitrogen and oxygen atoms in total. The number of hydrogen-bond acceptors (Lipinski definition) is 7. The molecule has 2 N–H and O–H groups in total. The number of carbonyl (C=O) groups is 1. The largest absolute Gasteiger partial charge is 0.457 e. The van der Waals surface area contributed by atoms with Crippen molar-refractivity contribution >= 4 is 28.9 Å². The number of anilines is 2. The quantitative estimate of drug-likeness (QED) is 0.363. The molecule has 3 heterocycles. The molecule has 0 aliphatic carbocycles. The molecule has 0 saturated carbocycles. The van der Waals surface area contributed by atoms with Gasteiger partial charge in [-0.05, 0) is 54.2 Å². The zero-order valence-electron chi connectivity index (χ0n) is 18.2. The number of nitrogens with one attached hydrogen (secondary N) is 2. The summed E-state index contributed by atoms with van der Waals surface area (Å²) >= 11 is 1.24. The molecule has 0 radical (unpaired) electrons. The Morgan fingerprint density at radius 3 is 2.64 bits per heavy atom. The molecule has 0 aliphatic rings. The Balaban J connectivity index is 1.42. The number of aryl methyl sites for hydroxylation is 1. The summed E-state index contributed by atoms with van der Waals surface area (Å²) in [7, 11) is 0. The Labute approximate surface area is 194 Å². The summed E-state index contributed by atoms with van der Waals surface area (Å²) in [4.78, 5) is 25.0. The predicted molar refractivity (Wildman–Crippen MR) is 125 cm³/mol. The number of rotatable bonds is 6. The summed E-state index contributed by atoms with van der Waals surface area (Å²) in [6.45, 7) is 5.87. The van der Waals surface area contributed by atoms with Crippen LogP contribution < -0.4 is 15.4 Å². The van der Waals surface area contributed by atoms with E-state index in [1.54, 1.807) is 37.5 Å². The Kier molecular flexibility index (Phi) is 6.55. The predicted octanol–water partition coefficient (Wildman–Crippen LogP) is 6.00. The van der Waals surface area contributed by atoms with Crippen molar-refractivity contribution in [1.82, 2.24) is 19.3 Å². The zero-order chi connectivity index (χ0) is 23.4. The molecule has 0 fully saturated rings. The van der Waals surface area contributed by atoms with Crippen LogP contribution in [-0.2, 0) is 0 Å². The van der Waals surface area contributed by atoms with Crippen molar-refractivity contribution in [2.24, 2.45) is 0 Å². The number of benzene rings is 1. The second kappa shape index (κ2) is 9.70. The number of ether oxygens (including phenoxy) is 1. The molecule has 4 aromatic rings. The Morgan fingerprint density at radius 1 is 1.09 bits per heavy atom. The van der Waals surface area contributed by atoms with Crippen molar-refractivity contribution in [3.8, 4) is 22.2 Å². The standard InChI is InChI=1S/C23H21FN6O2S/c1-13(2)15-8-16(12-25-11-15)28-23(31)29-20-5-4-17(9-19(20)24)32-18-6-7-26-21(10-18)22-27-14(3)30-33-22/h4-13H,1-3H3,(H2,28,29,31). The molecule has 3 aromatic heterocycles. The summed E-state index contributed by atoms with van der Waals surface area (Å²) in [5.41, 5.74) is 2.15. The van der Waals surface area contributed by atoms with Gasteiger partial charge in [0.25, 0.3) is 0 Å². The highest BCUT2D eigenvalue weighted by Crippen LogP contribution is 2.28. The number of pyridine rings is 2. The van der Waals surface area contributed by atoms with Gasteiger partial charge in [0.1, 0.15) is 28.8 Å². The fourth-order valence-electron chi connectivity index (χ4n) is 2.92. The first-order valence-corrected chi connectivity index (χ1v) is 10.9. The van der Waals surface area contributed by atoms with Gasteiger partial charge in [0.15, 0.2) is 5.01 Å². The number of halogens is 1. The highest BCUT2D eigenvalue weighted by Gasteiger charge is 2.12. The topological polar surface area (TPSA) is 102 Å². The summed E-state index contributed by atoms with van der Waals surface area (Å²) in [6, 6.07) is 8.82. The van der Waals surface area contributed by atoms with Gasteiger partial charge in [-0.2, -0.15) is 4.37 Å². The van der Waals surface area contributed by atoms with Gasteiger partial charge >= 0.3 is 6.03 Å². The minimum absolute atomic E-state index is 0.0209. The zero-order valence-corrected chi connectivity index (χ0v) is 19.0. The van der Waals surface area contributed by atoms with E-state index in [9.17, 15) is 9.18 Å². The Bertz CT molecular complexity index is 1290. The highest BCUT2D eigenvalue weighted by molar-refractivity contribution is 7.09. The third-order valence-electron chi connectivity index (χ3n) is 4.59. The summed E-state index contributed by atoms with van der Waals surface area (Å²) in [5.74, 6) is 1.05. The number of nitrogens with zero attached hydrogens (tertiary/aromatic N) is 4. The van der Waals surface area contributed by atoms with Gasteiger partial charge in [-0.3, -0.25) is 9.97 Å². The maximum absolute atomic E-state index is 14.6. The van der Waals surface area contributed by atoms with E-state index in [1.807, 2.05) is 19.9 Å². The van der Waals surface area contributed by atoms with Gasteiger partial charge in [0.05, 0.1) is 17.6 Å². The van der Waals surface area contributed by atoms with E-state index in [-0.39, 0.29) is 17.4 Å². The van der Waals surface area contributed by atoms with Gasteiger partial charge in [-0.25, -0.2) is 14.2 Å². The van der Waals surface area contributed by atoms with E-state index in [0.717, 1.165) is 5.56 Å². The van der Waals surface area contributed by atoms with Gasteiger partial charge in [-0.1, -0.05) is 13.8 Å². The SMILES string of the molecule is Cc1nsc(-c2cc(Oc3ccc(NC(=O)Nc4cncc(C(C)C)c4)c(F)c3)ccn2)n1. The van der Waals surface area contributed by atoms with Crippen molar-refractivity contribution < 1.29 is 13.9 Å². The van der Waals surface area contributed by atoms with Crippen LogP contribution in [0.5, 0.6) is 11.5 Å². The third kappa shape index (κ3) is 5.66. The number of urea groups is 1. The molecule has 1 aromatic carbocycles. The fraction of sp³-hybridized carbons (Fsp3) is 0.174. The second-order valence-electron chi connectivity index (χ2n) is 7.51. The van der Waals surface area contributed by atoms with Gasteiger partial charge in [-0.15, -0.1) is 0 Å². The van der Waals surface area contributed by atoms with Crippen LogP contribution >= 0.6 is 11.5 Å². The number of amides is 2. The lowest BCUT2D eigenvalue weighted by molar-refractivity contribution is 0.262. The van der Waals surface area contributed by atoms with E-state index in [4.69, 9.17) is 4.74 Å². The maximum atomic E-state index is 14.6. The molecule has 10 heteroatoms. The van der Waals surface area contributed by atoms with E-state index < -0.39 is 11.8 Å². The molecule has 0 saturated heterocycles. The average Bonchev–Trinajstić information content (AvgIpc) is 3.22. The Hall–Kier alpha value is -3.92. The lowest BCUT2D eigenvalue weighted by atomic mass is 10.1. The van der Waals surface area contributed by atoms with E-state index >= 15 is 0 Å². The number of carbonyl (C=O) groups excluding carboxylic acids is 1. The minimum atomic E-state index is -0.634. The van der Waals surface area contributed by atoms with Crippen LogP contribution in [0.4, 0.5) is 20.6 Å². The van der Waals surface area contributed by atoms with Crippen LogP contribution in [-0.4, -0.2) is 25.4 Å². The normalized spacial score (nSPS) is 10.8. The molecule has 0 bridgehead atoms. The van der Waals surface area contributed by atoms with Crippen LogP contribution in [0.3, 0.4) is 0 Å². The molecular formula is C23H21FN6O2S. The van der Waals surface area contributed by atoms with Crippen molar-refractivity contribution in [2.45, 2.75) is 26.7 Å². The first-order chi connectivity index (χ1) is 15.9. The number of hydrogen-bond donors (Lipinski definition) is 2. The first-order valence-electron chi connectivity index (χ1n) is 10.1. The van der Waals surface area contributed by atoms with Crippen LogP contribution in [0.2, 0.25) is 0 Å². The van der Waals surface area contributed by atoms with Crippen LogP contribution in [0.25, 0.3) is 10.7 Å². The van der Waals surface area contributed by atoms with Crippen molar-refractivity contribution in [1.29, 1.82) is 0 Å². The average molecular weight is 465 g/mol. The molecule has 4 rings (SSSR count). The lowest BCUT2D eigenvalue weighted by Gasteiger charge is -2.12. The molecule has 168 valence electrons. The van der Waals surface area contributed by atoms with E-state index in [2.05, 4.69) is 30.0 Å². The fourth-order valence-corrected chi connectivity index (χ4v) is 3.55. The van der Waals surface area contributed by atoms with Gasteiger partial charge in [0, 0.05) is 24.5 Å². The minimum Gasteiger partial charge on any atom is -0.457 e. The molecule has 0 aliphatic heterocycles. The maximum Gasteiger partial charge on any atom is 0.323 e. The third-order valence-corrected chi connectivity index (χ3v) is 5.42. The van der Waals surface area contributed by atoms with Crippen LogP contribution in [0, 0.1) is 12.7 Å². The lowest BCUT2D eigenvalue weighted by Crippen LogP contribution is -2.20. The molecule has 0 atom stereocenters. The summed E-state index contributed by atoms with van der Waals surface area (Å²) in [5, 5.41) is 5.83. The Morgan fingerprint density at radius 2 is 1.91 bits per heavy atom. The van der Waals surface area contributed by atoms with Crippen molar-refractivity contribution in [3.05, 3.63) is 72.2 Å². The highest BCUT2D eigenvalue weighted by atomic mass is 32.1. The number of aromatic nitrogens is 4. The van der Waals surface area contributed by atoms with Crippen molar-refractivity contribution in [2.75, 3.05) is 10.6 Å². The molecule has 33 heavy (non-hydrogen) atoms. The smallest absolute Gasteiger partial charge is 0.323 e. The van der Waals surface area contributed by atoms with E-state index in [0.29, 0.717) is 28.0 Å². The molecule has 2 amide bonds. The molecular weight excluding hydrogens is 443 g/mol. The van der Waals surface area contributed by atoms with Crippen LogP contribution in [0.1, 0.15) is 31.2 Å². The molecule has 0 unspecified atom stereocenters. The molecule has 0 spiro atoms. The van der Waals surface area contributed by atoms with Gasteiger partial charge in [0.2, 0.25) is 0 Å². The first kappa shape index (κ1) is 22.3. The van der Waals surface area contributed by atoms with Crippen LogP contribution in [0.15, 0.2) is 55.0 Å². The van der Waals surface area contributed by atoms with E-state index in [1.165, 1.54) is 29.9 Å².